The maximum atomic E-state index is 12.5. The van der Waals surface area contributed by atoms with Crippen molar-refractivity contribution in [1.29, 1.82) is 0 Å². The number of rotatable bonds is 3. The first-order chi connectivity index (χ1) is 10.6. The molecule has 1 amide bonds. The van der Waals surface area contributed by atoms with E-state index >= 15 is 0 Å². The number of amides is 1. The summed E-state index contributed by atoms with van der Waals surface area (Å²) in [5.74, 6) is -0.151. The Bertz CT molecular complexity index is 825. The zero-order valence-electron chi connectivity index (χ0n) is 12.0. The summed E-state index contributed by atoms with van der Waals surface area (Å²) in [6, 6.07) is 7.47. The van der Waals surface area contributed by atoms with Crippen LogP contribution in [0.5, 0.6) is 0 Å². The third-order valence-corrected chi connectivity index (χ3v) is 5.58. The average Bonchev–Trinajstić information content (AvgIpc) is 3.13. The van der Waals surface area contributed by atoms with Crippen LogP contribution in [0.4, 0.5) is 5.69 Å². The Kier molecular flexibility index (Phi) is 4.29. The molecule has 0 saturated carbocycles. The zero-order valence-corrected chi connectivity index (χ0v) is 14.4. The first-order valence-electron chi connectivity index (χ1n) is 6.62. The second-order valence-corrected chi connectivity index (χ2v) is 7.00. The predicted octanol–water partition coefficient (Wildman–Crippen LogP) is 5.39. The van der Waals surface area contributed by atoms with Crippen LogP contribution in [-0.2, 0) is 0 Å². The summed E-state index contributed by atoms with van der Waals surface area (Å²) in [5, 5.41) is 8.45. The van der Waals surface area contributed by atoms with Gasteiger partial charge >= 0.3 is 0 Å². The molecule has 0 unspecified atom stereocenters. The summed E-state index contributed by atoms with van der Waals surface area (Å²) in [6.07, 6.45) is 0. The summed E-state index contributed by atoms with van der Waals surface area (Å²) in [5.41, 5.74) is 3.37. The van der Waals surface area contributed by atoms with Crippen molar-refractivity contribution in [2.24, 2.45) is 0 Å². The summed E-state index contributed by atoms with van der Waals surface area (Å²) in [6.45, 7) is 3.74. The third-order valence-electron chi connectivity index (χ3n) is 3.29. The number of nitrogens with one attached hydrogen (secondary N) is 1. The molecule has 0 aliphatic rings. The number of thiazole rings is 1. The molecule has 0 aliphatic heterocycles. The van der Waals surface area contributed by atoms with Gasteiger partial charge in [-0.3, -0.25) is 4.79 Å². The van der Waals surface area contributed by atoms with Gasteiger partial charge in [0.05, 0.1) is 5.69 Å². The minimum Gasteiger partial charge on any atom is -0.321 e. The highest BCUT2D eigenvalue weighted by Crippen LogP contribution is 2.30. The molecule has 22 heavy (non-hydrogen) atoms. The summed E-state index contributed by atoms with van der Waals surface area (Å²) in [4.78, 5) is 17.6. The molecule has 0 bridgehead atoms. The average molecular weight is 349 g/mol. The van der Waals surface area contributed by atoms with Crippen molar-refractivity contribution in [2.75, 3.05) is 5.32 Å². The molecule has 0 aliphatic carbocycles. The lowest BCUT2D eigenvalue weighted by atomic mass is 10.2. The normalized spacial score (nSPS) is 10.7. The van der Waals surface area contributed by atoms with Gasteiger partial charge in [0.1, 0.15) is 9.88 Å². The van der Waals surface area contributed by atoms with E-state index in [2.05, 4.69) is 10.3 Å². The number of hydrogen-bond donors (Lipinski definition) is 1. The van der Waals surface area contributed by atoms with E-state index in [0.29, 0.717) is 9.90 Å². The van der Waals surface area contributed by atoms with Crippen molar-refractivity contribution in [3.63, 3.8) is 0 Å². The van der Waals surface area contributed by atoms with Crippen LogP contribution >= 0.6 is 34.3 Å². The Morgan fingerprint density at radius 2 is 2.09 bits per heavy atom. The molecule has 1 N–H and O–H groups in total. The number of thiophene rings is 1. The quantitative estimate of drug-likeness (QED) is 0.689. The molecule has 2 aromatic heterocycles. The van der Waals surface area contributed by atoms with Crippen LogP contribution in [0, 0.1) is 13.8 Å². The maximum Gasteiger partial charge on any atom is 0.267 e. The van der Waals surface area contributed by atoms with Crippen LogP contribution in [-0.4, -0.2) is 10.9 Å². The molecule has 1 aromatic carbocycles. The van der Waals surface area contributed by atoms with E-state index in [9.17, 15) is 4.79 Å². The molecule has 6 heteroatoms. The minimum absolute atomic E-state index is 0.151. The molecule has 3 nitrogen and oxygen atoms in total. The lowest BCUT2D eigenvalue weighted by Gasteiger charge is -2.08. The summed E-state index contributed by atoms with van der Waals surface area (Å²) in [7, 11) is 0. The fourth-order valence-corrected chi connectivity index (χ4v) is 3.89. The van der Waals surface area contributed by atoms with Crippen molar-refractivity contribution in [3.8, 4) is 10.6 Å². The standard InChI is InChI=1S/C16H13ClN2OS2/c1-9-12(17)4-3-5-13(9)19-15(20)14-10(2)18-16(22-14)11-6-7-21-8-11/h3-8H,1-2H3,(H,19,20). The molecule has 112 valence electrons. The highest BCUT2D eigenvalue weighted by atomic mass is 35.5. The van der Waals surface area contributed by atoms with Gasteiger partial charge in [-0.1, -0.05) is 17.7 Å². The van der Waals surface area contributed by atoms with Gasteiger partial charge in [-0.25, -0.2) is 4.98 Å². The highest BCUT2D eigenvalue weighted by Gasteiger charge is 2.17. The number of carbonyl (C=O) groups is 1. The van der Waals surface area contributed by atoms with E-state index in [4.69, 9.17) is 11.6 Å². The highest BCUT2D eigenvalue weighted by molar-refractivity contribution is 7.17. The molecule has 3 rings (SSSR count). The van der Waals surface area contributed by atoms with Crippen LogP contribution in [0.25, 0.3) is 10.6 Å². The molecule has 0 saturated heterocycles. The fraction of sp³-hybridized carbons (Fsp3) is 0.125. The summed E-state index contributed by atoms with van der Waals surface area (Å²) >= 11 is 9.11. The number of carbonyl (C=O) groups excluding carboxylic acids is 1. The van der Waals surface area contributed by atoms with Crippen LogP contribution in [0.3, 0.4) is 0 Å². The molecule has 0 atom stereocenters. The molecule has 2 heterocycles. The molecule has 0 spiro atoms. The van der Waals surface area contributed by atoms with Crippen molar-refractivity contribution in [1.82, 2.24) is 4.98 Å². The largest absolute Gasteiger partial charge is 0.321 e. The SMILES string of the molecule is Cc1nc(-c2ccsc2)sc1C(=O)Nc1cccc(Cl)c1C. The monoisotopic (exact) mass is 348 g/mol. The summed E-state index contributed by atoms with van der Waals surface area (Å²) < 4.78 is 0. The van der Waals surface area contributed by atoms with Gasteiger partial charge in [-0.15, -0.1) is 11.3 Å². The smallest absolute Gasteiger partial charge is 0.267 e. The molecule has 0 radical (unpaired) electrons. The minimum atomic E-state index is -0.151. The molecule has 3 aromatic rings. The van der Waals surface area contributed by atoms with Crippen molar-refractivity contribution >= 4 is 45.9 Å². The van der Waals surface area contributed by atoms with Gasteiger partial charge in [0, 0.05) is 21.7 Å². The first-order valence-corrected chi connectivity index (χ1v) is 8.76. The number of nitrogens with zero attached hydrogens (tertiary/aromatic N) is 1. The first kappa shape index (κ1) is 15.2. The number of aryl methyl sites for hydroxylation is 1. The van der Waals surface area contributed by atoms with Crippen LogP contribution in [0.1, 0.15) is 20.9 Å². The Morgan fingerprint density at radius 1 is 1.27 bits per heavy atom. The van der Waals surface area contributed by atoms with Gasteiger partial charge in [0.2, 0.25) is 0 Å². The Morgan fingerprint density at radius 3 is 2.82 bits per heavy atom. The van der Waals surface area contributed by atoms with Crippen LogP contribution in [0.15, 0.2) is 35.0 Å². The van der Waals surface area contributed by atoms with Gasteiger partial charge in [-0.05, 0) is 43.0 Å². The number of anilines is 1. The predicted molar refractivity (Wildman–Crippen MR) is 94.3 cm³/mol. The van der Waals surface area contributed by atoms with Crippen molar-refractivity contribution in [3.05, 3.63) is 56.2 Å². The number of benzene rings is 1. The number of aromatic nitrogens is 1. The van der Waals surface area contributed by atoms with Crippen LogP contribution < -0.4 is 5.32 Å². The van der Waals surface area contributed by atoms with E-state index in [-0.39, 0.29) is 5.91 Å². The Labute approximate surface area is 141 Å². The van der Waals surface area contributed by atoms with Gasteiger partial charge < -0.3 is 5.32 Å². The second kappa shape index (κ2) is 6.20. The lowest BCUT2D eigenvalue weighted by molar-refractivity contribution is 0.102. The fourth-order valence-electron chi connectivity index (χ4n) is 2.04. The Hall–Kier alpha value is -1.69. The Balaban J connectivity index is 1.88. The molecular formula is C16H13ClN2OS2. The lowest BCUT2D eigenvalue weighted by Crippen LogP contribution is -2.12. The third kappa shape index (κ3) is 2.92. The number of hydrogen-bond acceptors (Lipinski definition) is 4. The van der Waals surface area contributed by atoms with Crippen LogP contribution in [0.2, 0.25) is 5.02 Å². The maximum absolute atomic E-state index is 12.5. The topological polar surface area (TPSA) is 42.0 Å². The van der Waals surface area contributed by atoms with E-state index in [1.165, 1.54) is 11.3 Å². The van der Waals surface area contributed by atoms with E-state index in [1.807, 2.05) is 42.8 Å². The van der Waals surface area contributed by atoms with E-state index in [0.717, 1.165) is 27.5 Å². The molecular weight excluding hydrogens is 336 g/mol. The van der Waals surface area contributed by atoms with E-state index < -0.39 is 0 Å². The second-order valence-electron chi connectivity index (χ2n) is 4.81. The van der Waals surface area contributed by atoms with Gasteiger partial charge in [0.25, 0.3) is 5.91 Å². The van der Waals surface area contributed by atoms with Gasteiger partial charge in [0.15, 0.2) is 0 Å². The molecule has 0 fully saturated rings. The van der Waals surface area contributed by atoms with Gasteiger partial charge in [-0.2, -0.15) is 11.3 Å². The zero-order chi connectivity index (χ0) is 15.7. The number of halogens is 1. The van der Waals surface area contributed by atoms with Crippen molar-refractivity contribution in [2.45, 2.75) is 13.8 Å². The van der Waals surface area contributed by atoms with Crippen molar-refractivity contribution < 1.29 is 4.79 Å². The van der Waals surface area contributed by atoms with E-state index in [1.54, 1.807) is 17.4 Å².